The van der Waals surface area contributed by atoms with Crippen LogP contribution in [0, 0.1) is 12.8 Å². The molecule has 2 atom stereocenters. The lowest BCUT2D eigenvalue weighted by Gasteiger charge is -2.28. The first-order chi connectivity index (χ1) is 7.36. The van der Waals surface area contributed by atoms with Crippen molar-refractivity contribution in [1.29, 1.82) is 0 Å². The predicted molar refractivity (Wildman–Crippen MR) is 64.7 cm³/mol. The largest absolute Gasteiger partial charge is 0.0767 e. The second kappa shape index (κ2) is 3.23. The second-order valence-corrected chi connectivity index (χ2v) is 4.31. The summed E-state index contributed by atoms with van der Waals surface area (Å²) in [7, 11) is 0. The quantitative estimate of drug-likeness (QED) is 0.588. The molecule has 1 aromatic carbocycles. The highest BCUT2D eigenvalue weighted by atomic mass is 14.3. The van der Waals surface area contributed by atoms with Crippen LogP contribution in [0.3, 0.4) is 0 Å². The van der Waals surface area contributed by atoms with Gasteiger partial charge in [0.1, 0.15) is 0 Å². The third-order valence-corrected chi connectivity index (χ3v) is 3.38. The van der Waals surface area contributed by atoms with Crippen LogP contribution in [0.2, 0.25) is 0 Å². The van der Waals surface area contributed by atoms with E-state index >= 15 is 0 Å². The van der Waals surface area contributed by atoms with Gasteiger partial charge in [-0.2, -0.15) is 0 Å². The van der Waals surface area contributed by atoms with Crippen molar-refractivity contribution in [1.82, 2.24) is 0 Å². The summed E-state index contributed by atoms with van der Waals surface area (Å²) < 4.78 is 0. The Morgan fingerprint density at radius 2 is 1.87 bits per heavy atom. The van der Waals surface area contributed by atoms with Crippen LogP contribution in [0.25, 0.3) is 6.08 Å². The van der Waals surface area contributed by atoms with E-state index < -0.39 is 0 Å². The zero-order chi connectivity index (χ0) is 10.3. The van der Waals surface area contributed by atoms with Gasteiger partial charge in [0.15, 0.2) is 0 Å². The van der Waals surface area contributed by atoms with Crippen molar-refractivity contribution in [2.45, 2.75) is 12.8 Å². The molecule has 0 heteroatoms. The molecule has 74 valence electrons. The fraction of sp³-hybridized carbons (Fsp3) is 0.200. The molecule has 0 aromatic heterocycles. The maximum Gasteiger partial charge on any atom is 0.0125 e. The Hall–Kier alpha value is -1.56. The van der Waals surface area contributed by atoms with Crippen LogP contribution in [0.5, 0.6) is 0 Å². The van der Waals surface area contributed by atoms with E-state index in [1.807, 2.05) is 0 Å². The molecule has 15 heavy (non-hydrogen) atoms. The molecule has 0 N–H and O–H groups in total. The molecule has 0 bridgehead atoms. The summed E-state index contributed by atoms with van der Waals surface area (Å²) >= 11 is 0. The van der Waals surface area contributed by atoms with Crippen LogP contribution in [-0.4, -0.2) is 0 Å². The van der Waals surface area contributed by atoms with Crippen LogP contribution in [0.1, 0.15) is 22.6 Å². The molecule has 0 aliphatic heterocycles. The fourth-order valence-electron chi connectivity index (χ4n) is 2.55. The summed E-state index contributed by atoms with van der Waals surface area (Å²) in [5.41, 5.74) is 4.27. The summed E-state index contributed by atoms with van der Waals surface area (Å²) in [5, 5.41) is 0. The molecule has 2 unspecified atom stereocenters. The predicted octanol–water partition coefficient (Wildman–Crippen LogP) is 3.85. The standard InChI is InChI=1S/C15H14/c1-11-5-4-8-15-13(11)10-9-12-6-2-3-7-14(12)15/h2-10,12,14H,1H3. The zero-order valence-electron chi connectivity index (χ0n) is 8.85. The minimum absolute atomic E-state index is 0.551. The van der Waals surface area contributed by atoms with E-state index in [0.717, 1.165) is 0 Å². The van der Waals surface area contributed by atoms with Crippen molar-refractivity contribution >= 4 is 6.08 Å². The summed E-state index contributed by atoms with van der Waals surface area (Å²) in [6, 6.07) is 6.61. The fourth-order valence-corrected chi connectivity index (χ4v) is 2.55. The smallest absolute Gasteiger partial charge is 0.0125 e. The lowest BCUT2D eigenvalue weighted by atomic mass is 9.76. The molecule has 0 spiro atoms. The van der Waals surface area contributed by atoms with Crippen LogP contribution in [-0.2, 0) is 0 Å². The van der Waals surface area contributed by atoms with Gasteiger partial charge in [-0.15, -0.1) is 0 Å². The van der Waals surface area contributed by atoms with Gasteiger partial charge in [-0.3, -0.25) is 0 Å². The van der Waals surface area contributed by atoms with Crippen LogP contribution >= 0.6 is 0 Å². The monoisotopic (exact) mass is 194 g/mol. The van der Waals surface area contributed by atoms with Gasteiger partial charge in [0.25, 0.3) is 0 Å². The van der Waals surface area contributed by atoms with Crippen molar-refractivity contribution < 1.29 is 0 Å². The summed E-state index contributed by atoms with van der Waals surface area (Å²) in [4.78, 5) is 0. The molecule has 0 saturated carbocycles. The lowest BCUT2D eigenvalue weighted by Crippen LogP contribution is -2.13. The number of rotatable bonds is 0. The molecule has 0 fully saturated rings. The Balaban J connectivity index is 2.18. The maximum absolute atomic E-state index is 2.32. The molecule has 0 radical (unpaired) electrons. The molecular weight excluding hydrogens is 180 g/mol. The number of hydrogen-bond donors (Lipinski definition) is 0. The van der Waals surface area contributed by atoms with Gasteiger partial charge >= 0.3 is 0 Å². The third kappa shape index (κ3) is 1.29. The molecule has 0 nitrogen and oxygen atoms in total. The summed E-state index contributed by atoms with van der Waals surface area (Å²) in [5.74, 6) is 1.11. The maximum atomic E-state index is 2.32. The average Bonchev–Trinajstić information content (AvgIpc) is 2.29. The van der Waals surface area contributed by atoms with Gasteiger partial charge in [0, 0.05) is 11.8 Å². The molecule has 0 amide bonds. The molecule has 0 saturated heterocycles. The topological polar surface area (TPSA) is 0 Å². The van der Waals surface area contributed by atoms with Crippen LogP contribution in [0.15, 0.2) is 48.6 Å². The highest BCUT2D eigenvalue weighted by molar-refractivity contribution is 5.63. The third-order valence-electron chi connectivity index (χ3n) is 3.38. The van der Waals surface area contributed by atoms with E-state index in [1.54, 1.807) is 0 Å². The number of fused-ring (bicyclic) bond motifs is 3. The van der Waals surface area contributed by atoms with E-state index in [0.29, 0.717) is 11.8 Å². The number of benzene rings is 1. The Morgan fingerprint density at radius 3 is 2.80 bits per heavy atom. The van der Waals surface area contributed by atoms with Crippen LogP contribution in [0.4, 0.5) is 0 Å². The number of hydrogen-bond acceptors (Lipinski definition) is 0. The molecule has 0 heterocycles. The normalized spacial score (nSPS) is 26.2. The van der Waals surface area contributed by atoms with Crippen molar-refractivity contribution in [3.63, 3.8) is 0 Å². The van der Waals surface area contributed by atoms with Crippen molar-refractivity contribution in [3.05, 3.63) is 65.3 Å². The van der Waals surface area contributed by atoms with Gasteiger partial charge in [-0.05, 0) is 23.6 Å². The van der Waals surface area contributed by atoms with Crippen molar-refractivity contribution in [2.24, 2.45) is 5.92 Å². The molecule has 3 rings (SSSR count). The molecule has 2 aliphatic carbocycles. The molecular formula is C15H14. The van der Waals surface area contributed by atoms with E-state index in [9.17, 15) is 0 Å². The zero-order valence-corrected chi connectivity index (χ0v) is 8.85. The van der Waals surface area contributed by atoms with Crippen molar-refractivity contribution in [3.8, 4) is 0 Å². The SMILES string of the molecule is Cc1cccc2c1C=CC1C=CC=CC21. The first-order valence-corrected chi connectivity index (χ1v) is 5.49. The Kier molecular flexibility index (Phi) is 1.88. The van der Waals surface area contributed by atoms with E-state index in [2.05, 4.69) is 61.6 Å². The van der Waals surface area contributed by atoms with E-state index in [4.69, 9.17) is 0 Å². The second-order valence-electron chi connectivity index (χ2n) is 4.31. The number of allylic oxidation sites excluding steroid dienone is 5. The highest BCUT2D eigenvalue weighted by Crippen LogP contribution is 2.38. The van der Waals surface area contributed by atoms with Gasteiger partial charge in [-0.25, -0.2) is 0 Å². The highest BCUT2D eigenvalue weighted by Gasteiger charge is 2.23. The minimum Gasteiger partial charge on any atom is -0.0767 e. The van der Waals surface area contributed by atoms with Gasteiger partial charge in [0.2, 0.25) is 0 Å². The van der Waals surface area contributed by atoms with E-state index in [1.165, 1.54) is 16.7 Å². The molecule has 1 aromatic rings. The molecule has 2 aliphatic rings. The first-order valence-electron chi connectivity index (χ1n) is 5.49. The van der Waals surface area contributed by atoms with Gasteiger partial charge < -0.3 is 0 Å². The van der Waals surface area contributed by atoms with E-state index in [-0.39, 0.29) is 0 Å². The average molecular weight is 194 g/mol. The number of aryl methyl sites for hydroxylation is 1. The van der Waals surface area contributed by atoms with Gasteiger partial charge in [0.05, 0.1) is 0 Å². The lowest BCUT2D eigenvalue weighted by molar-refractivity contribution is 0.691. The van der Waals surface area contributed by atoms with Crippen LogP contribution < -0.4 is 0 Å². The van der Waals surface area contributed by atoms with Gasteiger partial charge in [-0.1, -0.05) is 54.7 Å². The summed E-state index contributed by atoms with van der Waals surface area (Å²) in [6.07, 6.45) is 13.5. The Labute approximate surface area is 90.6 Å². The minimum atomic E-state index is 0.551. The first kappa shape index (κ1) is 8.72. The Bertz CT molecular complexity index is 475. The van der Waals surface area contributed by atoms with Crippen molar-refractivity contribution in [2.75, 3.05) is 0 Å². The Morgan fingerprint density at radius 1 is 1.00 bits per heavy atom. The summed E-state index contributed by atoms with van der Waals surface area (Å²) in [6.45, 7) is 2.19.